The quantitative estimate of drug-likeness (QED) is 0.583. The maximum absolute atomic E-state index is 13.7. The van der Waals surface area contributed by atoms with Crippen LogP contribution in [0.1, 0.15) is 28.7 Å². The molecule has 1 fully saturated rings. The second-order valence-corrected chi connectivity index (χ2v) is 7.06. The number of carbonyl (C=O) groups excluding carboxylic acids is 1. The van der Waals surface area contributed by atoms with Gasteiger partial charge in [-0.2, -0.15) is 18.3 Å². The molecule has 7 nitrogen and oxygen atoms in total. The summed E-state index contributed by atoms with van der Waals surface area (Å²) in [7, 11) is 0. The minimum absolute atomic E-state index is 0.0763. The number of alkyl halides is 3. The third-order valence-electron chi connectivity index (χ3n) is 5.07. The molecule has 0 unspecified atom stereocenters. The molecule has 3 aromatic rings. The fourth-order valence-corrected chi connectivity index (χ4v) is 3.67. The van der Waals surface area contributed by atoms with Crippen molar-refractivity contribution in [2.24, 2.45) is 0 Å². The summed E-state index contributed by atoms with van der Waals surface area (Å²) < 4.78 is 52.8. The Bertz CT molecular complexity index is 1120. The lowest BCUT2D eigenvalue weighted by molar-refractivity contribution is -0.137. The standard InChI is InChI=1S/C21H21F3N4O3/c1-3-31-20(29)18-13(2)25-19-17(27-8-10-30-11-9-27)12-16(26-28(18)19)14-6-4-5-7-15(14)21(22,23)24/h4-7,12H,3,8-11H2,1-2H3. The molecule has 10 heteroatoms. The minimum Gasteiger partial charge on any atom is -0.461 e. The molecule has 0 atom stereocenters. The summed E-state index contributed by atoms with van der Waals surface area (Å²) in [6.45, 7) is 5.52. The number of hydrogen-bond acceptors (Lipinski definition) is 6. The van der Waals surface area contributed by atoms with Gasteiger partial charge < -0.3 is 14.4 Å². The molecule has 2 aromatic heterocycles. The Hall–Kier alpha value is -3.14. The highest BCUT2D eigenvalue weighted by molar-refractivity contribution is 5.91. The van der Waals surface area contributed by atoms with Gasteiger partial charge in [0.15, 0.2) is 11.3 Å². The number of imidazole rings is 1. The molecule has 0 amide bonds. The van der Waals surface area contributed by atoms with E-state index in [4.69, 9.17) is 9.47 Å². The van der Waals surface area contributed by atoms with Crippen LogP contribution >= 0.6 is 0 Å². The van der Waals surface area contributed by atoms with Gasteiger partial charge in [0.1, 0.15) is 0 Å². The second kappa shape index (κ2) is 8.18. The molecule has 0 spiro atoms. The molecule has 164 valence electrons. The Labute approximate surface area is 176 Å². The van der Waals surface area contributed by atoms with Crippen LogP contribution in [-0.2, 0) is 15.7 Å². The number of anilines is 1. The Morgan fingerprint density at radius 3 is 2.61 bits per heavy atom. The van der Waals surface area contributed by atoms with Gasteiger partial charge in [0, 0.05) is 18.7 Å². The highest BCUT2D eigenvalue weighted by Crippen LogP contribution is 2.38. The third-order valence-corrected chi connectivity index (χ3v) is 5.07. The second-order valence-electron chi connectivity index (χ2n) is 7.06. The molecule has 0 aliphatic carbocycles. The fourth-order valence-electron chi connectivity index (χ4n) is 3.67. The number of hydrogen-bond donors (Lipinski definition) is 0. The molecule has 0 radical (unpaired) electrons. The van der Waals surface area contributed by atoms with Gasteiger partial charge in [0.2, 0.25) is 0 Å². The number of esters is 1. The number of morpholine rings is 1. The van der Waals surface area contributed by atoms with E-state index in [-0.39, 0.29) is 23.6 Å². The van der Waals surface area contributed by atoms with Gasteiger partial charge in [0.25, 0.3) is 0 Å². The van der Waals surface area contributed by atoms with Crippen molar-refractivity contribution in [1.29, 1.82) is 0 Å². The van der Waals surface area contributed by atoms with Crippen LogP contribution in [0, 0.1) is 6.92 Å². The molecule has 3 heterocycles. The first-order valence-electron chi connectivity index (χ1n) is 9.88. The van der Waals surface area contributed by atoms with Crippen molar-refractivity contribution < 1.29 is 27.4 Å². The summed E-state index contributed by atoms with van der Waals surface area (Å²) in [6, 6.07) is 6.83. The Balaban J connectivity index is 1.99. The summed E-state index contributed by atoms with van der Waals surface area (Å²) in [5.41, 5.74) is 0.667. The number of carbonyl (C=O) groups is 1. The molecule has 4 rings (SSSR count). The summed E-state index contributed by atoms with van der Waals surface area (Å²) in [5, 5.41) is 4.39. The molecular formula is C21H21F3N4O3. The average Bonchev–Trinajstić information content (AvgIpc) is 3.09. The highest BCUT2D eigenvalue weighted by atomic mass is 19.4. The maximum Gasteiger partial charge on any atom is 0.417 e. The highest BCUT2D eigenvalue weighted by Gasteiger charge is 2.34. The molecule has 0 bridgehead atoms. The van der Waals surface area contributed by atoms with Crippen molar-refractivity contribution in [2.75, 3.05) is 37.8 Å². The number of aromatic nitrogens is 3. The van der Waals surface area contributed by atoms with E-state index >= 15 is 0 Å². The zero-order chi connectivity index (χ0) is 22.2. The predicted molar refractivity (Wildman–Crippen MR) is 107 cm³/mol. The maximum atomic E-state index is 13.7. The zero-order valence-corrected chi connectivity index (χ0v) is 17.1. The third kappa shape index (κ3) is 3.95. The fraction of sp³-hybridized carbons (Fsp3) is 0.381. The topological polar surface area (TPSA) is 69.0 Å². The van der Waals surface area contributed by atoms with Gasteiger partial charge >= 0.3 is 12.1 Å². The van der Waals surface area contributed by atoms with Crippen LogP contribution in [0.25, 0.3) is 16.9 Å². The largest absolute Gasteiger partial charge is 0.461 e. The number of aryl methyl sites for hydroxylation is 1. The Kier molecular flexibility index (Phi) is 5.57. The summed E-state index contributed by atoms with van der Waals surface area (Å²) in [6.07, 6.45) is -4.55. The number of benzene rings is 1. The van der Waals surface area contributed by atoms with E-state index in [9.17, 15) is 18.0 Å². The van der Waals surface area contributed by atoms with Gasteiger partial charge in [-0.15, -0.1) is 0 Å². The lowest BCUT2D eigenvalue weighted by Crippen LogP contribution is -2.36. The first-order valence-corrected chi connectivity index (χ1v) is 9.88. The van der Waals surface area contributed by atoms with E-state index in [0.29, 0.717) is 43.3 Å². The zero-order valence-electron chi connectivity index (χ0n) is 17.1. The van der Waals surface area contributed by atoms with Crippen molar-refractivity contribution in [1.82, 2.24) is 14.6 Å². The van der Waals surface area contributed by atoms with Crippen LogP contribution in [0.5, 0.6) is 0 Å². The summed E-state index contributed by atoms with van der Waals surface area (Å²) in [4.78, 5) is 19.0. The Morgan fingerprint density at radius 2 is 1.94 bits per heavy atom. The van der Waals surface area contributed by atoms with Crippen molar-refractivity contribution in [2.45, 2.75) is 20.0 Å². The first kappa shape index (κ1) is 21.1. The minimum atomic E-state index is -4.55. The van der Waals surface area contributed by atoms with Crippen LogP contribution in [0.2, 0.25) is 0 Å². The molecule has 0 saturated carbocycles. The first-order chi connectivity index (χ1) is 14.8. The van der Waals surface area contributed by atoms with E-state index in [1.165, 1.54) is 22.7 Å². The van der Waals surface area contributed by atoms with Gasteiger partial charge in [0.05, 0.1) is 42.5 Å². The van der Waals surface area contributed by atoms with Crippen LogP contribution in [0.15, 0.2) is 30.3 Å². The lowest BCUT2D eigenvalue weighted by atomic mass is 10.0. The Morgan fingerprint density at radius 1 is 1.23 bits per heavy atom. The van der Waals surface area contributed by atoms with Crippen LogP contribution in [0.4, 0.5) is 18.9 Å². The van der Waals surface area contributed by atoms with E-state index in [0.717, 1.165) is 6.07 Å². The monoisotopic (exact) mass is 434 g/mol. The van der Waals surface area contributed by atoms with Crippen molar-refractivity contribution in [3.63, 3.8) is 0 Å². The number of rotatable bonds is 4. The number of ether oxygens (including phenoxy) is 2. The van der Waals surface area contributed by atoms with Gasteiger partial charge in [-0.3, -0.25) is 0 Å². The van der Waals surface area contributed by atoms with E-state index in [1.807, 2.05) is 4.90 Å². The van der Waals surface area contributed by atoms with E-state index < -0.39 is 17.7 Å². The van der Waals surface area contributed by atoms with Crippen molar-refractivity contribution in [3.05, 3.63) is 47.3 Å². The number of nitrogens with zero attached hydrogens (tertiary/aromatic N) is 4. The van der Waals surface area contributed by atoms with Gasteiger partial charge in [-0.25, -0.2) is 14.3 Å². The van der Waals surface area contributed by atoms with E-state index in [1.54, 1.807) is 19.9 Å². The normalized spacial score (nSPS) is 14.8. The predicted octanol–water partition coefficient (Wildman–Crippen LogP) is 3.74. The molecule has 1 aliphatic rings. The molecule has 1 saturated heterocycles. The summed E-state index contributed by atoms with van der Waals surface area (Å²) in [5.74, 6) is -0.630. The molecule has 0 N–H and O–H groups in total. The number of halogens is 3. The van der Waals surface area contributed by atoms with Crippen LogP contribution in [-0.4, -0.2) is 53.5 Å². The SMILES string of the molecule is CCOC(=O)c1c(C)nc2c(N3CCOCC3)cc(-c3ccccc3C(F)(F)F)nn12. The smallest absolute Gasteiger partial charge is 0.417 e. The van der Waals surface area contributed by atoms with Crippen molar-refractivity contribution in [3.8, 4) is 11.3 Å². The molecule has 1 aliphatic heterocycles. The molecule has 31 heavy (non-hydrogen) atoms. The van der Waals surface area contributed by atoms with E-state index in [2.05, 4.69) is 10.1 Å². The lowest BCUT2D eigenvalue weighted by Gasteiger charge is -2.29. The average molecular weight is 434 g/mol. The van der Waals surface area contributed by atoms with Crippen LogP contribution in [0.3, 0.4) is 0 Å². The van der Waals surface area contributed by atoms with Gasteiger partial charge in [-0.1, -0.05) is 18.2 Å². The summed E-state index contributed by atoms with van der Waals surface area (Å²) >= 11 is 0. The van der Waals surface area contributed by atoms with Crippen LogP contribution < -0.4 is 4.90 Å². The molecule has 1 aromatic carbocycles. The number of fused-ring (bicyclic) bond motifs is 1. The van der Waals surface area contributed by atoms with Gasteiger partial charge in [-0.05, 0) is 26.0 Å². The van der Waals surface area contributed by atoms with Crippen molar-refractivity contribution >= 4 is 17.3 Å². The molecular weight excluding hydrogens is 413 g/mol.